The minimum Gasteiger partial charge on any atom is -0.393 e. The van der Waals surface area contributed by atoms with Gasteiger partial charge in [-0.15, -0.1) is 0 Å². The highest BCUT2D eigenvalue weighted by Crippen LogP contribution is 2.33. The molecule has 0 unspecified atom stereocenters. The number of aliphatic hydroxyl groups is 1. The fourth-order valence-electron chi connectivity index (χ4n) is 2.15. The van der Waals surface area contributed by atoms with Crippen molar-refractivity contribution >= 4 is 0 Å². The Labute approximate surface area is 82.8 Å². The third kappa shape index (κ3) is 1.93. The van der Waals surface area contributed by atoms with Gasteiger partial charge in [0.2, 0.25) is 5.95 Å². The highest BCUT2D eigenvalue weighted by Gasteiger charge is 2.23. The zero-order chi connectivity index (χ0) is 9.97. The van der Waals surface area contributed by atoms with E-state index in [1.54, 1.807) is 12.1 Å². The van der Waals surface area contributed by atoms with Crippen LogP contribution in [-0.2, 0) is 0 Å². The molecule has 14 heavy (non-hydrogen) atoms. The molecular weight excluding hydrogens is 181 g/mol. The molecule has 0 bridgehead atoms. The average Bonchev–Trinajstić information content (AvgIpc) is 2.18. The smallest absolute Gasteiger partial charge is 0.216 e. The summed E-state index contributed by atoms with van der Waals surface area (Å²) in [6.07, 6.45) is 4.63. The lowest BCUT2D eigenvalue weighted by Crippen LogP contribution is -2.19. The molecule has 0 amide bonds. The predicted molar refractivity (Wildman–Crippen MR) is 51.4 cm³/mol. The van der Waals surface area contributed by atoms with Crippen LogP contribution in [0.4, 0.5) is 4.39 Å². The summed E-state index contributed by atoms with van der Waals surface area (Å²) < 4.78 is 13.3. The summed E-state index contributed by atoms with van der Waals surface area (Å²) >= 11 is 0. The van der Waals surface area contributed by atoms with Crippen molar-refractivity contribution in [1.82, 2.24) is 4.98 Å². The van der Waals surface area contributed by atoms with Gasteiger partial charge in [-0.2, -0.15) is 4.39 Å². The summed E-state index contributed by atoms with van der Waals surface area (Å²) in [6.45, 7) is 0. The molecule has 0 saturated heterocycles. The van der Waals surface area contributed by atoms with Crippen LogP contribution >= 0.6 is 0 Å². The Kier molecular flexibility index (Phi) is 2.77. The van der Waals surface area contributed by atoms with E-state index in [9.17, 15) is 9.50 Å². The molecule has 0 spiro atoms. The van der Waals surface area contributed by atoms with Gasteiger partial charge in [-0.1, -0.05) is 12.5 Å². The molecule has 1 aromatic heterocycles. The fraction of sp³-hybridized carbons (Fsp3) is 0.545. The van der Waals surface area contributed by atoms with Crippen LogP contribution < -0.4 is 0 Å². The first-order valence-corrected chi connectivity index (χ1v) is 5.06. The average molecular weight is 195 g/mol. The molecule has 2 rings (SSSR count). The van der Waals surface area contributed by atoms with Gasteiger partial charge in [-0.3, -0.25) is 0 Å². The largest absolute Gasteiger partial charge is 0.393 e. The summed E-state index contributed by atoms with van der Waals surface area (Å²) in [5.41, 5.74) is 0.659. The molecule has 1 heterocycles. The molecule has 0 aromatic carbocycles. The number of halogens is 1. The molecule has 1 aromatic rings. The SMILES string of the molecule is O[C@@H]1CCC[C@H](c2cccnc2F)C1. The molecule has 2 nitrogen and oxygen atoms in total. The molecule has 1 aliphatic rings. The summed E-state index contributed by atoms with van der Waals surface area (Å²) in [5, 5.41) is 9.49. The van der Waals surface area contributed by atoms with Gasteiger partial charge in [-0.25, -0.2) is 4.98 Å². The van der Waals surface area contributed by atoms with Crippen molar-refractivity contribution in [3.63, 3.8) is 0 Å². The van der Waals surface area contributed by atoms with Gasteiger partial charge < -0.3 is 5.11 Å². The van der Waals surface area contributed by atoms with Gasteiger partial charge in [0.15, 0.2) is 0 Å². The second-order valence-electron chi connectivity index (χ2n) is 3.90. The van der Waals surface area contributed by atoms with Gasteiger partial charge >= 0.3 is 0 Å². The highest BCUT2D eigenvalue weighted by atomic mass is 19.1. The van der Waals surface area contributed by atoms with Gasteiger partial charge in [0.25, 0.3) is 0 Å². The van der Waals surface area contributed by atoms with Crippen LogP contribution in [0, 0.1) is 5.95 Å². The van der Waals surface area contributed by atoms with Crippen LogP contribution in [0.25, 0.3) is 0 Å². The summed E-state index contributed by atoms with van der Waals surface area (Å²) in [5.74, 6) is -0.237. The maximum atomic E-state index is 13.3. The number of aliphatic hydroxyl groups excluding tert-OH is 1. The Balaban J connectivity index is 2.18. The lowest BCUT2D eigenvalue weighted by molar-refractivity contribution is 0.118. The van der Waals surface area contributed by atoms with E-state index in [1.165, 1.54) is 6.20 Å². The third-order valence-electron chi connectivity index (χ3n) is 2.87. The molecule has 1 N–H and O–H groups in total. The first-order chi connectivity index (χ1) is 6.77. The second-order valence-corrected chi connectivity index (χ2v) is 3.90. The molecule has 1 fully saturated rings. The second kappa shape index (κ2) is 4.05. The fourth-order valence-corrected chi connectivity index (χ4v) is 2.15. The number of pyridine rings is 1. The molecule has 1 saturated carbocycles. The molecule has 0 radical (unpaired) electrons. The van der Waals surface area contributed by atoms with Gasteiger partial charge in [0.1, 0.15) is 0 Å². The van der Waals surface area contributed by atoms with E-state index in [2.05, 4.69) is 4.98 Å². The summed E-state index contributed by atoms with van der Waals surface area (Å²) in [4.78, 5) is 3.63. The highest BCUT2D eigenvalue weighted by molar-refractivity contribution is 5.17. The van der Waals surface area contributed by atoms with Crippen molar-refractivity contribution in [3.8, 4) is 0 Å². The first-order valence-electron chi connectivity index (χ1n) is 5.06. The molecule has 76 valence electrons. The van der Waals surface area contributed by atoms with Crippen molar-refractivity contribution in [3.05, 3.63) is 29.8 Å². The molecule has 3 heteroatoms. The van der Waals surface area contributed by atoms with Gasteiger partial charge in [-0.05, 0) is 31.2 Å². The van der Waals surface area contributed by atoms with E-state index in [1.807, 2.05) is 0 Å². The van der Waals surface area contributed by atoms with Crippen LogP contribution in [0.2, 0.25) is 0 Å². The Morgan fingerprint density at radius 2 is 2.29 bits per heavy atom. The van der Waals surface area contributed by atoms with Crippen LogP contribution in [0.3, 0.4) is 0 Å². The summed E-state index contributed by atoms with van der Waals surface area (Å²) in [6, 6.07) is 3.52. The first kappa shape index (κ1) is 9.59. The summed E-state index contributed by atoms with van der Waals surface area (Å²) in [7, 11) is 0. The van der Waals surface area contributed by atoms with E-state index < -0.39 is 0 Å². The maximum absolute atomic E-state index is 13.3. The standard InChI is InChI=1S/C11H14FNO/c12-11-10(5-2-6-13-11)8-3-1-4-9(14)7-8/h2,5-6,8-9,14H,1,3-4,7H2/t8-,9+/m0/s1. The topological polar surface area (TPSA) is 33.1 Å². The Morgan fingerprint density at radius 3 is 3.00 bits per heavy atom. The Hall–Kier alpha value is -0.960. The van der Waals surface area contributed by atoms with Crippen molar-refractivity contribution in [2.24, 2.45) is 0 Å². The Morgan fingerprint density at radius 1 is 1.43 bits per heavy atom. The van der Waals surface area contributed by atoms with Crippen molar-refractivity contribution in [1.29, 1.82) is 0 Å². The molecule has 1 aliphatic carbocycles. The lowest BCUT2D eigenvalue weighted by Gasteiger charge is -2.25. The van der Waals surface area contributed by atoms with E-state index >= 15 is 0 Å². The molecular formula is C11H14FNO. The minimum atomic E-state index is -0.383. The number of rotatable bonds is 1. The predicted octanol–water partition coefficient (Wildman–Crippen LogP) is 2.24. The normalized spacial score (nSPS) is 27.6. The van der Waals surface area contributed by atoms with Crippen molar-refractivity contribution < 1.29 is 9.50 Å². The quantitative estimate of drug-likeness (QED) is 0.697. The van der Waals surface area contributed by atoms with Crippen LogP contribution in [0.15, 0.2) is 18.3 Å². The molecule has 0 aliphatic heterocycles. The van der Waals surface area contributed by atoms with E-state index in [0.717, 1.165) is 19.3 Å². The van der Waals surface area contributed by atoms with Crippen LogP contribution in [0.1, 0.15) is 37.2 Å². The maximum Gasteiger partial charge on any atom is 0.216 e. The van der Waals surface area contributed by atoms with E-state index in [4.69, 9.17) is 0 Å². The minimum absolute atomic E-state index is 0.146. The number of hydrogen-bond acceptors (Lipinski definition) is 2. The zero-order valence-corrected chi connectivity index (χ0v) is 7.99. The number of hydrogen-bond donors (Lipinski definition) is 1. The lowest BCUT2D eigenvalue weighted by atomic mass is 9.83. The van der Waals surface area contributed by atoms with E-state index in [-0.39, 0.29) is 18.0 Å². The number of nitrogens with zero attached hydrogens (tertiary/aromatic N) is 1. The van der Waals surface area contributed by atoms with Gasteiger partial charge in [0, 0.05) is 11.8 Å². The van der Waals surface area contributed by atoms with Gasteiger partial charge in [0.05, 0.1) is 6.10 Å². The third-order valence-corrected chi connectivity index (χ3v) is 2.87. The monoisotopic (exact) mass is 195 g/mol. The van der Waals surface area contributed by atoms with Crippen LogP contribution in [-0.4, -0.2) is 16.2 Å². The zero-order valence-electron chi connectivity index (χ0n) is 7.99. The number of aromatic nitrogens is 1. The van der Waals surface area contributed by atoms with Crippen LogP contribution in [0.5, 0.6) is 0 Å². The van der Waals surface area contributed by atoms with Crippen molar-refractivity contribution in [2.75, 3.05) is 0 Å². The molecule has 2 atom stereocenters. The van der Waals surface area contributed by atoms with E-state index in [0.29, 0.717) is 12.0 Å². The van der Waals surface area contributed by atoms with Crippen molar-refractivity contribution in [2.45, 2.75) is 37.7 Å². The Bertz CT molecular complexity index is 316.